The van der Waals surface area contributed by atoms with Crippen molar-refractivity contribution in [2.45, 2.75) is 18.6 Å². The molecule has 1 heterocycles. The molecule has 108 valence electrons. The van der Waals surface area contributed by atoms with Crippen LogP contribution >= 0.6 is 0 Å². The van der Waals surface area contributed by atoms with E-state index in [9.17, 15) is 9.90 Å². The number of hydrogen-bond acceptors (Lipinski definition) is 5. The van der Waals surface area contributed by atoms with Crippen LogP contribution in [0.3, 0.4) is 0 Å². The summed E-state index contributed by atoms with van der Waals surface area (Å²) in [6.45, 7) is 0.811. The molecule has 6 heteroatoms. The molecule has 1 aliphatic rings. The Balaban J connectivity index is 2.07. The molecular formula is C14H19N3O3. The molecule has 0 aromatic heterocycles. The third-order valence-electron chi connectivity index (χ3n) is 3.40. The van der Waals surface area contributed by atoms with Crippen molar-refractivity contribution in [3.8, 4) is 0 Å². The summed E-state index contributed by atoms with van der Waals surface area (Å²) in [4.78, 5) is 18.1. The van der Waals surface area contributed by atoms with Gasteiger partial charge in [-0.25, -0.2) is 0 Å². The van der Waals surface area contributed by atoms with Gasteiger partial charge in [-0.15, -0.1) is 0 Å². The van der Waals surface area contributed by atoms with Crippen LogP contribution in [0.25, 0.3) is 0 Å². The van der Waals surface area contributed by atoms with Gasteiger partial charge in [-0.3, -0.25) is 9.69 Å². The van der Waals surface area contributed by atoms with E-state index in [4.69, 9.17) is 10.6 Å². The number of benzene rings is 1. The third-order valence-corrected chi connectivity index (χ3v) is 3.40. The van der Waals surface area contributed by atoms with Gasteiger partial charge in [-0.2, -0.15) is 0 Å². The van der Waals surface area contributed by atoms with Crippen molar-refractivity contribution in [1.82, 2.24) is 4.90 Å². The summed E-state index contributed by atoms with van der Waals surface area (Å²) in [5.41, 5.74) is 6.98. The highest BCUT2D eigenvalue weighted by atomic mass is 16.6. The highest BCUT2D eigenvalue weighted by Crippen LogP contribution is 2.21. The molecule has 1 saturated heterocycles. The fourth-order valence-electron chi connectivity index (χ4n) is 2.43. The zero-order valence-corrected chi connectivity index (χ0v) is 11.4. The molecule has 3 N–H and O–H groups in total. The maximum atomic E-state index is 11.5. The van der Waals surface area contributed by atoms with Crippen molar-refractivity contribution in [1.29, 1.82) is 0 Å². The van der Waals surface area contributed by atoms with E-state index in [0.29, 0.717) is 19.5 Å². The van der Waals surface area contributed by atoms with Crippen LogP contribution in [0, 0.1) is 0 Å². The SMILES string of the molecule is CO/N=C1\CC(C(N)=O)N(CC(O)c2ccccc2)C1. The number of carbonyl (C=O) groups excluding carboxylic acids is 1. The van der Waals surface area contributed by atoms with Crippen LogP contribution in [-0.4, -0.2) is 47.9 Å². The number of nitrogens with zero attached hydrogens (tertiary/aromatic N) is 2. The van der Waals surface area contributed by atoms with Crippen LogP contribution < -0.4 is 5.73 Å². The average molecular weight is 277 g/mol. The summed E-state index contributed by atoms with van der Waals surface area (Å²) in [6.07, 6.45) is -0.218. The molecule has 6 nitrogen and oxygen atoms in total. The number of β-amino-alcohol motifs (C(OH)–C–C–N with tert-alkyl or cyclic N) is 1. The topological polar surface area (TPSA) is 88.2 Å². The fourth-order valence-corrected chi connectivity index (χ4v) is 2.43. The van der Waals surface area contributed by atoms with Gasteiger partial charge in [0.05, 0.1) is 17.9 Å². The van der Waals surface area contributed by atoms with E-state index in [1.807, 2.05) is 35.2 Å². The standard InChI is InChI=1S/C14H19N3O3/c1-20-16-11-7-12(14(15)19)17(8-11)9-13(18)10-5-3-2-4-6-10/h2-6,12-13,18H,7-9H2,1H3,(H2,15,19)/b16-11+. The summed E-state index contributed by atoms with van der Waals surface area (Å²) in [5.74, 6) is -0.411. The van der Waals surface area contributed by atoms with Crippen LogP contribution in [0.2, 0.25) is 0 Å². The number of primary amides is 1. The molecule has 0 bridgehead atoms. The zero-order chi connectivity index (χ0) is 14.5. The quantitative estimate of drug-likeness (QED) is 0.757. The summed E-state index contributed by atoms with van der Waals surface area (Å²) in [7, 11) is 1.47. The molecule has 2 unspecified atom stereocenters. The smallest absolute Gasteiger partial charge is 0.235 e. The number of oxime groups is 1. The number of hydrogen-bond donors (Lipinski definition) is 2. The predicted molar refractivity (Wildman–Crippen MR) is 75.0 cm³/mol. The lowest BCUT2D eigenvalue weighted by atomic mass is 10.1. The van der Waals surface area contributed by atoms with E-state index in [2.05, 4.69) is 5.16 Å². The minimum Gasteiger partial charge on any atom is -0.399 e. The Morgan fingerprint density at radius 1 is 1.55 bits per heavy atom. The number of carbonyl (C=O) groups is 1. The predicted octanol–water partition coefficient (Wildman–Crippen LogP) is 0.282. The van der Waals surface area contributed by atoms with Gasteiger partial charge in [-0.1, -0.05) is 35.5 Å². The summed E-state index contributed by atoms with van der Waals surface area (Å²) >= 11 is 0. The lowest BCUT2D eigenvalue weighted by Gasteiger charge is -2.24. The Morgan fingerprint density at radius 2 is 2.25 bits per heavy atom. The summed E-state index contributed by atoms with van der Waals surface area (Å²) in [5, 5.41) is 14.1. The fraction of sp³-hybridized carbons (Fsp3) is 0.429. The molecule has 2 atom stereocenters. The average Bonchev–Trinajstić information content (AvgIpc) is 2.83. The minimum absolute atomic E-state index is 0.334. The zero-order valence-electron chi connectivity index (χ0n) is 11.4. The summed E-state index contributed by atoms with van der Waals surface area (Å²) in [6, 6.07) is 8.88. The lowest BCUT2D eigenvalue weighted by Crippen LogP contribution is -2.42. The highest BCUT2D eigenvalue weighted by molar-refractivity contribution is 5.95. The molecular weight excluding hydrogens is 258 g/mol. The van der Waals surface area contributed by atoms with Gasteiger partial charge in [-0.05, 0) is 5.56 Å². The van der Waals surface area contributed by atoms with Gasteiger partial charge in [0.25, 0.3) is 0 Å². The first-order valence-electron chi connectivity index (χ1n) is 6.47. The molecule has 0 spiro atoms. The maximum Gasteiger partial charge on any atom is 0.235 e. The first-order chi connectivity index (χ1) is 9.61. The van der Waals surface area contributed by atoms with E-state index in [0.717, 1.165) is 11.3 Å². The van der Waals surface area contributed by atoms with Gasteiger partial charge >= 0.3 is 0 Å². The first-order valence-corrected chi connectivity index (χ1v) is 6.47. The molecule has 0 radical (unpaired) electrons. The van der Waals surface area contributed by atoms with Crippen molar-refractivity contribution in [2.24, 2.45) is 10.9 Å². The van der Waals surface area contributed by atoms with E-state index in [1.54, 1.807) is 0 Å². The van der Waals surface area contributed by atoms with E-state index in [-0.39, 0.29) is 0 Å². The van der Waals surface area contributed by atoms with Crippen molar-refractivity contribution in [3.63, 3.8) is 0 Å². The van der Waals surface area contributed by atoms with Crippen LogP contribution in [0.1, 0.15) is 18.1 Å². The van der Waals surface area contributed by atoms with Gasteiger partial charge in [0.1, 0.15) is 7.11 Å². The van der Waals surface area contributed by atoms with Gasteiger partial charge in [0, 0.05) is 19.5 Å². The van der Waals surface area contributed by atoms with Crippen molar-refractivity contribution in [2.75, 3.05) is 20.2 Å². The van der Waals surface area contributed by atoms with E-state index >= 15 is 0 Å². The molecule has 1 aromatic rings. The van der Waals surface area contributed by atoms with Crippen LogP contribution in [-0.2, 0) is 9.63 Å². The Bertz CT molecular complexity index is 490. The largest absolute Gasteiger partial charge is 0.399 e. The first kappa shape index (κ1) is 14.5. The monoisotopic (exact) mass is 277 g/mol. The molecule has 1 amide bonds. The number of nitrogens with two attached hydrogens (primary N) is 1. The van der Waals surface area contributed by atoms with Gasteiger partial charge < -0.3 is 15.7 Å². The number of rotatable bonds is 5. The van der Waals surface area contributed by atoms with E-state index < -0.39 is 18.1 Å². The lowest BCUT2D eigenvalue weighted by molar-refractivity contribution is -0.122. The van der Waals surface area contributed by atoms with Crippen LogP contribution in [0.15, 0.2) is 35.5 Å². The summed E-state index contributed by atoms with van der Waals surface area (Å²) < 4.78 is 0. The second-order valence-electron chi connectivity index (χ2n) is 4.82. The number of aliphatic hydroxyl groups excluding tert-OH is 1. The van der Waals surface area contributed by atoms with Crippen LogP contribution in [0.4, 0.5) is 0 Å². The molecule has 1 aromatic carbocycles. The molecule has 1 fully saturated rings. The molecule has 0 saturated carbocycles. The Labute approximate surface area is 117 Å². The van der Waals surface area contributed by atoms with Crippen molar-refractivity contribution >= 4 is 11.6 Å². The van der Waals surface area contributed by atoms with Crippen LogP contribution in [0.5, 0.6) is 0 Å². The maximum absolute atomic E-state index is 11.5. The molecule has 0 aliphatic carbocycles. The van der Waals surface area contributed by atoms with Crippen molar-refractivity contribution < 1.29 is 14.7 Å². The molecule has 1 aliphatic heterocycles. The second kappa shape index (κ2) is 6.49. The molecule has 20 heavy (non-hydrogen) atoms. The minimum atomic E-state index is -0.667. The van der Waals surface area contributed by atoms with Crippen molar-refractivity contribution in [3.05, 3.63) is 35.9 Å². The Morgan fingerprint density at radius 3 is 2.85 bits per heavy atom. The molecule has 2 rings (SSSR count). The number of aliphatic hydroxyl groups is 1. The Hall–Kier alpha value is -1.92. The highest BCUT2D eigenvalue weighted by Gasteiger charge is 2.34. The second-order valence-corrected chi connectivity index (χ2v) is 4.82. The number of amides is 1. The normalized spacial score (nSPS) is 22.9. The Kier molecular flexibility index (Phi) is 4.70. The van der Waals surface area contributed by atoms with Gasteiger partial charge in [0.15, 0.2) is 0 Å². The third kappa shape index (κ3) is 3.34. The number of likely N-dealkylation sites (tertiary alicyclic amines) is 1. The van der Waals surface area contributed by atoms with Gasteiger partial charge in [0.2, 0.25) is 5.91 Å². The van der Waals surface area contributed by atoms with E-state index in [1.165, 1.54) is 7.11 Å².